The Bertz CT molecular complexity index is 342. The summed E-state index contributed by atoms with van der Waals surface area (Å²) in [4.78, 5) is 2.37. The van der Waals surface area contributed by atoms with Gasteiger partial charge in [0.15, 0.2) is 0 Å². The van der Waals surface area contributed by atoms with E-state index in [1.807, 2.05) is 24.3 Å². The molecule has 2 N–H and O–H groups in total. The smallest absolute Gasteiger partial charge is 0.0536 e. The number of rotatable bonds is 5. The van der Waals surface area contributed by atoms with Crippen LogP contribution in [0.15, 0.2) is 24.3 Å². The highest BCUT2D eigenvalue weighted by molar-refractivity contribution is 6.30. The molecule has 0 saturated heterocycles. The van der Waals surface area contributed by atoms with E-state index in [-0.39, 0.29) is 5.54 Å². The van der Waals surface area contributed by atoms with E-state index in [1.54, 1.807) is 0 Å². The van der Waals surface area contributed by atoms with Crippen LogP contribution in [0.2, 0.25) is 5.02 Å². The SMILES string of the molecule is CCN(CC)C(C)C(C)(N)c1ccc(Cl)cc1. The molecule has 0 aliphatic carbocycles. The maximum absolute atomic E-state index is 6.50. The van der Waals surface area contributed by atoms with Gasteiger partial charge in [-0.05, 0) is 44.6 Å². The van der Waals surface area contributed by atoms with Crippen molar-refractivity contribution in [1.29, 1.82) is 0 Å². The topological polar surface area (TPSA) is 29.3 Å². The summed E-state index contributed by atoms with van der Waals surface area (Å²) in [5, 5.41) is 0.750. The highest BCUT2D eigenvalue weighted by Crippen LogP contribution is 2.26. The van der Waals surface area contributed by atoms with Crippen LogP contribution in [0.1, 0.15) is 33.3 Å². The van der Waals surface area contributed by atoms with Gasteiger partial charge < -0.3 is 5.73 Å². The Balaban J connectivity index is 2.96. The van der Waals surface area contributed by atoms with Gasteiger partial charge in [0.1, 0.15) is 0 Å². The van der Waals surface area contributed by atoms with Gasteiger partial charge in [-0.25, -0.2) is 0 Å². The first-order valence-corrected chi connectivity index (χ1v) is 6.60. The third-order valence-electron chi connectivity index (χ3n) is 3.69. The predicted octanol–water partition coefficient (Wildman–Crippen LogP) is 3.24. The molecule has 2 unspecified atom stereocenters. The highest BCUT2D eigenvalue weighted by atomic mass is 35.5. The molecule has 1 aromatic rings. The van der Waals surface area contributed by atoms with Gasteiger partial charge in [-0.2, -0.15) is 0 Å². The van der Waals surface area contributed by atoms with Crippen LogP contribution in [-0.4, -0.2) is 24.0 Å². The van der Waals surface area contributed by atoms with Gasteiger partial charge in [0.2, 0.25) is 0 Å². The molecule has 2 nitrogen and oxygen atoms in total. The van der Waals surface area contributed by atoms with Crippen molar-refractivity contribution in [1.82, 2.24) is 4.90 Å². The first kappa shape index (κ1) is 14.5. The molecule has 0 heterocycles. The highest BCUT2D eigenvalue weighted by Gasteiger charge is 2.31. The number of halogens is 1. The first-order valence-electron chi connectivity index (χ1n) is 6.22. The number of nitrogens with two attached hydrogens (primary N) is 1. The zero-order chi connectivity index (χ0) is 13.1. The lowest BCUT2D eigenvalue weighted by atomic mass is 9.85. The Morgan fingerprint density at radius 3 is 2.12 bits per heavy atom. The number of nitrogens with zero attached hydrogens (tertiary/aromatic N) is 1. The molecular weight excluding hydrogens is 232 g/mol. The van der Waals surface area contributed by atoms with Gasteiger partial charge in [-0.15, -0.1) is 0 Å². The second kappa shape index (κ2) is 5.85. The zero-order valence-electron chi connectivity index (χ0n) is 11.2. The summed E-state index contributed by atoms with van der Waals surface area (Å²) in [6.07, 6.45) is 0. The summed E-state index contributed by atoms with van der Waals surface area (Å²) >= 11 is 5.91. The van der Waals surface area contributed by atoms with Gasteiger partial charge in [-0.3, -0.25) is 4.90 Å². The number of benzene rings is 1. The van der Waals surface area contributed by atoms with E-state index in [0.717, 1.165) is 23.7 Å². The summed E-state index contributed by atoms with van der Waals surface area (Å²) < 4.78 is 0. The molecule has 0 aromatic heterocycles. The van der Waals surface area contributed by atoms with Crippen LogP contribution in [0.4, 0.5) is 0 Å². The summed E-state index contributed by atoms with van der Waals surface area (Å²) in [5.74, 6) is 0. The lowest BCUT2D eigenvalue weighted by Crippen LogP contribution is -2.52. The predicted molar refractivity (Wildman–Crippen MR) is 75.4 cm³/mol. The second-order valence-corrected chi connectivity index (χ2v) is 5.12. The summed E-state index contributed by atoms with van der Waals surface area (Å²) in [6, 6.07) is 8.12. The van der Waals surface area contributed by atoms with Gasteiger partial charge >= 0.3 is 0 Å². The van der Waals surface area contributed by atoms with Gasteiger partial charge in [-0.1, -0.05) is 37.6 Å². The third-order valence-corrected chi connectivity index (χ3v) is 3.95. The van der Waals surface area contributed by atoms with E-state index in [9.17, 15) is 0 Å². The van der Waals surface area contributed by atoms with Crippen LogP contribution in [-0.2, 0) is 5.54 Å². The molecule has 96 valence electrons. The molecule has 17 heavy (non-hydrogen) atoms. The van der Waals surface area contributed by atoms with E-state index in [0.29, 0.717) is 6.04 Å². The Hall–Kier alpha value is -0.570. The van der Waals surface area contributed by atoms with Crippen molar-refractivity contribution in [2.45, 2.75) is 39.3 Å². The Morgan fingerprint density at radius 1 is 1.24 bits per heavy atom. The zero-order valence-corrected chi connectivity index (χ0v) is 12.0. The number of hydrogen-bond acceptors (Lipinski definition) is 2. The minimum atomic E-state index is -0.364. The van der Waals surface area contributed by atoms with Gasteiger partial charge in [0.05, 0.1) is 5.54 Å². The van der Waals surface area contributed by atoms with E-state index >= 15 is 0 Å². The molecule has 1 aromatic carbocycles. The van der Waals surface area contributed by atoms with Crippen molar-refractivity contribution < 1.29 is 0 Å². The van der Waals surface area contributed by atoms with E-state index in [4.69, 9.17) is 17.3 Å². The minimum Gasteiger partial charge on any atom is -0.320 e. The Kier molecular flexibility index (Phi) is 4.99. The lowest BCUT2D eigenvalue weighted by molar-refractivity contribution is 0.154. The largest absolute Gasteiger partial charge is 0.320 e. The van der Waals surface area contributed by atoms with E-state index < -0.39 is 0 Å². The normalized spacial score (nSPS) is 16.9. The van der Waals surface area contributed by atoms with Crippen molar-refractivity contribution in [3.8, 4) is 0 Å². The van der Waals surface area contributed by atoms with Crippen LogP contribution < -0.4 is 5.73 Å². The molecule has 0 aliphatic rings. The van der Waals surface area contributed by atoms with Crippen LogP contribution in [0.5, 0.6) is 0 Å². The fraction of sp³-hybridized carbons (Fsp3) is 0.571. The fourth-order valence-corrected chi connectivity index (χ4v) is 2.33. The van der Waals surface area contributed by atoms with Crippen molar-refractivity contribution in [2.24, 2.45) is 5.73 Å². The Labute approximate surface area is 110 Å². The third kappa shape index (κ3) is 3.21. The van der Waals surface area contributed by atoms with Gasteiger partial charge in [0, 0.05) is 11.1 Å². The van der Waals surface area contributed by atoms with E-state index in [2.05, 4.69) is 32.6 Å². The quantitative estimate of drug-likeness (QED) is 0.874. The monoisotopic (exact) mass is 254 g/mol. The first-order chi connectivity index (χ1) is 7.93. The van der Waals surface area contributed by atoms with E-state index in [1.165, 1.54) is 0 Å². The molecule has 3 heteroatoms. The number of hydrogen-bond donors (Lipinski definition) is 1. The molecule has 0 saturated carbocycles. The molecule has 0 amide bonds. The van der Waals surface area contributed by atoms with Crippen molar-refractivity contribution in [2.75, 3.05) is 13.1 Å². The maximum atomic E-state index is 6.50. The summed E-state index contributed by atoms with van der Waals surface area (Å²) in [5.41, 5.74) is 7.26. The molecule has 0 bridgehead atoms. The van der Waals surface area contributed by atoms with Crippen LogP contribution in [0.3, 0.4) is 0 Å². The summed E-state index contributed by atoms with van der Waals surface area (Å²) in [7, 11) is 0. The van der Waals surface area contributed by atoms with Crippen molar-refractivity contribution in [3.63, 3.8) is 0 Å². The average molecular weight is 255 g/mol. The average Bonchev–Trinajstić information content (AvgIpc) is 2.31. The molecular formula is C14H23ClN2. The number of likely N-dealkylation sites (N-methyl/N-ethyl adjacent to an activating group) is 1. The maximum Gasteiger partial charge on any atom is 0.0536 e. The molecule has 0 fully saturated rings. The standard InChI is InChI=1S/C14H23ClN2/c1-5-17(6-2)11(3)14(4,16)12-7-9-13(15)10-8-12/h7-11H,5-6,16H2,1-4H3. The second-order valence-electron chi connectivity index (χ2n) is 4.69. The molecule has 0 radical (unpaired) electrons. The Morgan fingerprint density at radius 2 is 1.71 bits per heavy atom. The van der Waals surface area contributed by atoms with Crippen LogP contribution in [0, 0.1) is 0 Å². The summed E-state index contributed by atoms with van der Waals surface area (Å²) in [6.45, 7) is 10.6. The fourth-order valence-electron chi connectivity index (χ4n) is 2.20. The van der Waals surface area contributed by atoms with Crippen LogP contribution in [0.25, 0.3) is 0 Å². The molecule has 1 rings (SSSR count). The molecule has 2 atom stereocenters. The van der Waals surface area contributed by atoms with Crippen molar-refractivity contribution in [3.05, 3.63) is 34.9 Å². The minimum absolute atomic E-state index is 0.290. The van der Waals surface area contributed by atoms with Gasteiger partial charge in [0.25, 0.3) is 0 Å². The molecule has 0 spiro atoms. The lowest BCUT2D eigenvalue weighted by Gasteiger charge is -2.39. The van der Waals surface area contributed by atoms with Crippen molar-refractivity contribution >= 4 is 11.6 Å². The molecule has 0 aliphatic heterocycles. The van der Waals surface area contributed by atoms with Crippen LogP contribution >= 0.6 is 11.6 Å².